The van der Waals surface area contributed by atoms with E-state index in [0.29, 0.717) is 17.1 Å². The van der Waals surface area contributed by atoms with Crippen LogP contribution in [0.3, 0.4) is 0 Å². The lowest BCUT2D eigenvalue weighted by Crippen LogP contribution is -2.13. The molecule has 0 saturated heterocycles. The average molecular weight is 415 g/mol. The van der Waals surface area contributed by atoms with Gasteiger partial charge in [0.1, 0.15) is 11.6 Å². The Labute approximate surface area is 182 Å². The van der Waals surface area contributed by atoms with Gasteiger partial charge in [-0.1, -0.05) is 59.1 Å². The number of benzene rings is 3. The van der Waals surface area contributed by atoms with E-state index in [0.717, 1.165) is 16.7 Å². The van der Waals surface area contributed by atoms with Crippen molar-refractivity contribution in [2.45, 2.75) is 27.2 Å². The maximum absolute atomic E-state index is 12.7. The molecule has 0 heterocycles. The first-order chi connectivity index (χ1) is 14.3. The molecular formula is C26H23ClN2O. The number of halogens is 1. The Hall–Kier alpha value is -3.35. The van der Waals surface area contributed by atoms with Crippen molar-refractivity contribution in [1.29, 1.82) is 5.26 Å². The van der Waals surface area contributed by atoms with Crippen LogP contribution in [0.15, 0.2) is 66.2 Å². The molecule has 3 rings (SSSR count). The van der Waals surface area contributed by atoms with Crippen molar-refractivity contribution in [2.75, 3.05) is 5.32 Å². The number of carbonyl (C=O) groups excluding carboxylic acids is 1. The van der Waals surface area contributed by atoms with Crippen LogP contribution in [-0.4, -0.2) is 5.91 Å². The molecular weight excluding hydrogens is 392 g/mol. The molecule has 1 amide bonds. The third kappa shape index (κ3) is 5.59. The van der Waals surface area contributed by atoms with E-state index in [4.69, 9.17) is 11.6 Å². The van der Waals surface area contributed by atoms with Gasteiger partial charge >= 0.3 is 0 Å². The second kappa shape index (κ2) is 9.43. The van der Waals surface area contributed by atoms with Crippen LogP contribution in [0.4, 0.5) is 5.69 Å². The summed E-state index contributed by atoms with van der Waals surface area (Å²) in [5.74, 6) is -0.444. The predicted molar refractivity (Wildman–Crippen MR) is 124 cm³/mol. The molecule has 150 valence electrons. The van der Waals surface area contributed by atoms with Crippen molar-refractivity contribution in [3.05, 3.63) is 105 Å². The van der Waals surface area contributed by atoms with Gasteiger partial charge in [0, 0.05) is 10.7 Å². The number of nitrogens with zero attached hydrogens (tertiary/aromatic N) is 1. The van der Waals surface area contributed by atoms with E-state index in [1.807, 2.05) is 43.3 Å². The van der Waals surface area contributed by atoms with E-state index in [2.05, 4.69) is 37.4 Å². The first kappa shape index (κ1) is 21.4. The van der Waals surface area contributed by atoms with Crippen molar-refractivity contribution in [3.8, 4) is 6.07 Å². The number of nitriles is 1. The molecule has 3 aromatic rings. The maximum Gasteiger partial charge on any atom is 0.266 e. The molecule has 3 aromatic carbocycles. The van der Waals surface area contributed by atoms with E-state index >= 15 is 0 Å². The topological polar surface area (TPSA) is 52.9 Å². The van der Waals surface area contributed by atoms with Crippen LogP contribution in [0.1, 0.15) is 33.4 Å². The number of carbonyl (C=O) groups is 1. The van der Waals surface area contributed by atoms with E-state index in [-0.39, 0.29) is 5.57 Å². The summed E-state index contributed by atoms with van der Waals surface area (Å²) >= 11 is 6.21. The van der Waals surface area contributed by atoms with Crippen LogP contribution in [0.5, 0.6) is 0 Å². The number of amides is 1. The van der Waals surface area contributed by atoms with Gasteiger partial charge in [-0.2, -0.15) is 5.26 Å². The molecule has 0 radical (unpaired) electrons. The third-order valence-electron chi connectivity index (χ3n) is 4.72. The van der Waals surface area contributed by atoms with Gasteiger partial charge in [0.05, 0.1) is 0 Å². The molecule has 0 aliphatic carbocycles. The summed E-state index contributed by atoms with van der Waals surface area (Å²) in [6.07, 6.45) is 2.29. The van der Waals surface area contributed by atoms with Crippen molar-refractivity contribution in [1.82, 2.24) is 0 Å². The summed E-state index contributed by atoms with van der Waals surface area (Å²) in [5, 5.41) is 12.9. The fourth-order valence-corrected chi connectivity index (χ4v) is 3.66. The van der Waals surface area contributed by atoms with E-state index in [1.165, 1.54) is 16.7 Å². The number of hydrogen-bond donors (Lipinski definition) is 1. The molecule has 0 aliphatic rings. The maximum atomic E-state index is 12.7. The molecule has 0 spiro atoms. The van der Waals surface area contributed by atoms with Crippen LogP contribution in [0.2, 0.25) is 5.02 Å². The van der Waals surface area contributed by atoms with E-state index < -0.39 is 5.91 Å². The molecule has 4 heteroatoms. The van der Waals surface area contributed by atoms with Crippen molar-refractivity contribution >= 4 is 29.3 Å². The van der Waals surface area contributed by atoms with E-state index in [1.54, 1.807) is 18.2 Å². The van der Waals surface area contributed by atoms with Crippen molar-refractivity contribution in [2.24, 2.45) is 0 Å². The standard InChI is InChI=1S/C26H23ClN2O/c1-17-5-4-6-25(12-17)29-26(30)23(16-28)14-22-15-24(27)8-7-21(22)13-20-10-18(2)9-19(3)11-20/h4-12,14-15H,13H2,1-3H3,(H,29,30)/b23-14+. The second-order valence-corrected chi connectivity index (χ2v) is 7.95. The van der Waals surface area contributed by atoms with Gasteiger partial charge in [-0.05, 0) is 79.8 Å². The van der Waals surface area contributed by atoms with Gasteiger partial charge in [0.25, 0.3) is 5.91 Å². The summed E-state index contributed by atoms with van der Waals surface area (Å²) in [6.45, 7) is 6.09. The van der Waals surface area contributed by atoms with E-state index in [9.17, 15) is 10.1 Å². The molecule has 0 atom stereocenters. The number of rotatable bonds is 5. The van der Waals surface area contributed by atoms with Crippen molar-refractivity contribution in [3.63, 3.8) is 0 Å². The SMILES string of the molecule is Cc1cc(C)cc(Cc2ccc(Cl)cc2/C=C(\C#N)C(=O)Nc2cccc(C)c2)c1. The molecule has 30 heavy (non-hydrogen) atoms. The van der Waals surface area contributed by atoms with Crippen molar-refractivity contribution < 1.29 is 4.79 Å². The minimum absolute atomic E-state index is 0.0282. The molecule has 0 saturated carbocycles. The normalized spacial score (nSPS) is 11.1. The average Bonchev–Trinajstić information content (AvgIpc) is 2.67. The summed E-state index contributed by atoms with van der Waals surface area (Å²) in [4.78, 5) is 12.7. The lowest BCUT2D eigenvalue weighted by atomic mass is 9.96. The highest BCUT2D eigenvalue weighted by Crippen LogP contribution is 2.23. The monoisotopic (exact) mass is 414 g/mol. The Bertz CT molecular complexity index is 1150. The quantitative estimate of drug-likeness (QED) is 0.387. The lowest BCUT2D eigenvalue weighted by molar-refractivity contribution is -0.112. The number of nitrogens with one attached hydrogen (secondary N) is 1. The lowest BCUT2D eigenvalue weighted by Gasteiger charge is -2.10. The fourth-order valence-electron chi connectivity index (χ4n) is 3.48. The van der Waals surface area contributed by atoms with Gasteiger partial charge in [0.15, 0.2) is 0 Å². The van der Waals surface area contributed by atoms with Gasteiger partial charge < -0.3 is 5.32 Å². The van der Waals surface area contributed by atoms with Gasteiger partial charge in [0.2, 0.25) is 0 Å². The first-order valence-electron chi connectivity index (χ1n) is 9.69. The molecule has 0 aromatic heterocycles. The fraction of sp³-hybridized carbons (Fsp3) is 0.154. The molecule has 0 unspecified atom stereocenters. The third-order valence-corrected chi connectivity index (χ3v) is 4.96. The first-order valence-corrected chi connectivity index (χ1v) is 10.1. The molecule has 3 nitrogen and oxygen atoms in total. The largest absolute Gasteiger partial charge is 0.321 e. The molecule has 0 aliphatic heterocycles. The Balaban J connectivity index is 1.92. The zero-order valence-electron chi connectivity index (χ0n) is 17.3. The highest BCUT2D eigenvalue weighted by Gasteiger charge is 2.12. The second-order valence-electron chi connectivity index (χ2n) is 7.51. The number of hydrogen-bond acceptors (Lipinski definition) is 2. The minimum Gasteiger partial charge on any atom is -0.321 e. The van der Waals surface area contributed by atoms with Gasteiger partial charge in [-0.15, -0.1) is 0 Å². The number of anilines is 1. The van der Waals surface area contributed by atoms with Crippen LogP contribution in [-0.2, 0) is 11.2 Å². The zero-order chi connectivity index (χ0) is 21.7. The summed E-state index contributed by atoms with van der Waals surface area (Å²) < 4.78 is 0. The Morgan fingerprint density at radius 2 is 1.73 bits per heavy atom. The Morgan fingerprint density at radius 3 is 2.40 bits per heavy atom. The van der Waals surface area contributed by atoms with Crippen LogP contribution in [0, 0.1) is 32.1 Å². The molecule has 0 fully saturated rings. The number of aryl methyl sites for hydroxylation is 3. The Kier molecular flexibility index (Phi) is 6.72. The highest BCUT2D eigenvalue weighted by molar-refractivity contribution is 6.30. The summed E-state index contributed by atoms with van der Waals surface area (Å²) in [7, 11) is 0. The molecule has 1 N–H and O–H groups in total. The Morgan fingerprint density at radius 1 is 1.00 bits per heavy atom. The molecule has 0 bridgehead atoms. The van der Waals surface area contributed by atoms with Crippen LogP contribution >= 0.6 is 11.6 Å². The zero-order valence-corrected chi connectivity index (χ0v) is 18.0. The smallest absolute Gasteiger partial charge is 0.266 e. The van der Waals surface area contributed by atoms with Crippen LogP contribution < -0.4 is 5.32 Å². The predicted octanol–water partition coefficient (Wildman–Crippen LogP) is 6.40. The summed E-state index contributed by atoms with van der Waals surface area (Å²) in [6, 6.07) is 21.5. The van der Waals surface area contributed by atoms with Crippen LogP contribution in [0.25, 0.3) is 6.08 Å². The van der Waals surface area contributed by atoms with Gasteiger partial charge in [-0.3, -0.25) is 4.79 Å². The highest BCUT2D eigenvalue weighted by atomic mass is 35.5. The summed E-state index contributed by atoms with van der Waals surface area (Å²) in [5.41, 5.74) is 7.05. The van der Waals surface area contributed by atoms with Gasteiger partial charge in [-0.25, -0.2) is 0 Å². The minimum atomic E-state index is -0.444.